The van der Waals surface area contributed by atoms with Crippen molar-refractivity contribution in [2.75, 3.05) is 45.1 Å². The number of anilines is 1. The average molecular weight is 268 g/mol. The summed E-state index contributed by atoms with van der Waals surface area (Å²) in [5, 5.41) is 3.55. The van der Waals surface area contributed by atoms with Gasteiger partial charge in [0.1, 0.15) is 0 Å². The lowest BCUT2D eigenvalue weighted by molar-refractivity contribution is -0.117. The second kappa shape index (κ2) is 6.18. The van der Waals surface area contributed by atoms with E-state index in [0.29, 0.717) is 11.6 Å². The van der Waals surface area contributed by atoms with E-state index in [1.807, 2.05) is 12.1 Å². The van der Waals surface area contributed by atoms with Crippen LogP contribution in [0.25, 0.3) is 0 Å². The van der Waals surface area contributed by atoms with Crippen molar-refractivity contribution in [2.45, 2.75) is 0 Å². The predicted octanol–water partition coefficient (Wildman–Crippen LogP) is 1.53. The van der Waals surface area contributed by atoms with Crippen LogP contribution in [-0.2, 0) is 4.79 Å². The zero-order chi connectivity index (χ0) is 13.0. The van der Waals surface area contributed by atoms with Crippen LogP contribution in [0.4, 0.5) is 5.69 Å². The van der Waals surface area contributed by atoms with Gasteiger partial charge in [0.2, 0.25) is 5.91 Å². The van der Waals surface area contributed by atoms with Gasteiger partial charge in [0.05, 0.1) is 6.54 Å². The Hall–Kier alpha value is -1.10. The highest BCUT2D eigenvalue weighted by Gasteiger charge is 2.16. The highest BCUT2D eigenvalue weighted by Crippen LogP contribution is 2.13. The second-order valence-electron chi connectivity index (χ2n) is 4.63. The van der Waals surface area contributed by atoms with Crippen molar-refractivity contribution < 1.29 is 4.79 Å². The summed E-state index contributed by atoms with van der Waals surface area (Å²) in [6.45, 7) is 4.40. The topological polar surface area (TPSA) is 35.6 Å². The molecule has 1 N–H and O–H groups in total. The summed E-state index contributed by atoms with van der Waals surface area (Å²) in [6.07, 6.45) is 0. The minimum absolute atomic E-state index is 0.0295. The van der Waals surface area contributed by atoms with Crippen molar-refractivity contribution >= 4 is 23.2 Å². The molecule has 1 saturated heterocycles. The van der Waals surface area contributed by atoms with Crippen molar-refractivity contribution in [1.29, 1.82) is 0 Å². The SMILES string of the molecule is CN1CCN(CC(=O)Nc2ccc(Cl)cc2)CC1. The van der Waals surface area contributed by atoms with Gasteiger partial charge in [0.15, 0.2) is 0 Å². The molecule has 0 aliphatic carbocycles. The lowest BCUT2D eigenvalue weighted by atomic mass is 10.3. The standard InChI is InChI=1S/C13H18ClN3O/c1-16-6-8-17(9-7-16)10-13(18)15-12-4-2-11(14)3-5-12/h2-5H,6-10H2,1H3,(H,15,18). The first-order chi connectivity index (χ1) is 8.63. The summed E-state index contributed by atoms with van der Waals surface area (Å²) in [6, 6.07) is 7.16. The van der Waals surface area contributed by atoms with E-state index in [1.54, 1.807) is 12.1 Å². The molecule has 0 unspecified atom stereocenters. The molecule has 2 rings (SSSR count). The fourth-order valence-electron chi connectivity index (χ4n) is 1.94. The number of carbonyl (C=O) groups excluding carboxylic acids is 1. The first-order valence-corrected chi connectivity index (χ1v) is 6.47. The summed E-state index contributed by atoms with van der Waals surface area (Å²) < 4.78 is 0. The van der Waals surface area contributed by atoms with Gasteiger partial charge in [-0.1, -0.05) is 11.6 Å². The monoisotopic (exact) mass is 267 g/mol. The third-order valence-corrected chi connectivity index (χ3v) is 3.34. The smallest absolute Gasteiger partial charge is 0.238 e. The van der Waals surface area contributed by atoms with Gasteiger partial charge in [0.25, 0.3) is 0 Å². The van der Waals surface area contributed by atoms with Crippen LogP contribution in [0.2, 0.25) is 5.02 Å². The van der Waals surface area contributed by atoms with Gasteiger partial charge < -0.3 is 10.2 Å². The molecule has 0 saturated carbocycles. The number of hydrogen-bond acceptors (Lipinski definition) is 3. The molecule has 1 aromatic carbocycles. The van der Waals surface area contributed by atoms with E-state index in [1.165, 1.54) is 0 Å². The number of likely N-dealkylation sites (N-methyl/N-ethyl adjacent to an activating group) is 1. The van der Waals surface area contributed by atoms with Crippen LogP contribution in [0.3, 0.4) is 0 Å². The molecule has 98 valence electrons. The molecule has 0 bridgehead atoms. The molecule has 0 aromatic heterocycles. The van der Waals surface area contributed by atoms with E-state index in [0.717, 1.165) is 31.9 Å². The fourth-order valence-corrected chi connectivity index (χ4v) is 2.07. The van der Waals surface area contributed by atoms with Crippen LogP contribution in [0.1, 0.15) is 0 Å². The minimum atomic E-state index is 0.0295. The van der Waals surface area contributed by atoms with Crippen LogP contribution < -0.4 is 5.32 Å². The molecule has 1 fully saturated rings. The summed E-state index contributed by atoms with van der Waals surface area (Å²) in [5.41, 5.74) is 0.790. The maximum atomic E-state index is 11.8. The molecule has 1 heterocycles. The Morgan fingerprint density at radius 1 is 1.22 bits per heavy atom. The number of carbonyl (C=O) groups is 1. The molecule has 4 nitrogen and oxygen atoms in total. The number of benzene rings is 1. The van der Waals surface area contributed by atoms with Crippen LogP contribution in [0.15, 0.2) is 24.3 Å². The Kier molecular flexibility index (Phi) is 4.58. The van der Waals surface area contributed by atoms with E-state index in [4.69, 9.17) is 11.6 Å². The average Bonchev–Trinajstić information content (AvgIpc) is 2.35. The molecule has 5 heteroatoms. The third-order valence-electron chi connectivity index (χ3n) is 3.09. The number of piperazine rings is 1. The van der Waals surface area contributed by atoms with Gasteiger partial charge in [0, 0.05) is 36.9 Å². The number of halogens is 1. The number of amides is 1. The Bertz CT molecular complexity index is 399. The van der Waals surface area contributed by atoms with Gasteiger partial charge in [-0.15, -0.1) is 0 Å². The summed E-state index contributed by atoms with van der Waals surface area (Å²) >= 11 is 5.79. The highest BCUT2D eigenvalue weighted by molar-refractivity contribution is 6.30. The normalized spacial score (nSPS) is 17.7. The zero-order valence-electron chi connectivity index (χ0n) is 10.5. The summed E-state index contributed by atoms with van der Waals surface area (Å²) in [7, 11) is 2.10. The molecule has 18 heavy (non-hydrogen) atoms. The van der Waals surface area contributed by atoms with E-state index in [-0.39, 0.29) is 5.91 Å². The van der Waals surface area contributed by atoms with E-state index in [2.05, 4.69) is 22.2 Å². The molecule has 1 aliphatic heterocycles. The maximum absolute atomic E-state index is 11.8. The lowest BCUT2D eigenvalue weighted by Gasteiger charge is -2.31. The van der Waals surface area contributed by atoms with Gasteiger partial charge in [-0.2, -0.15) is 0 Å². The lowest BCUT2D eigenvalue weighted by Crippen LogP contribution is -2.47. The molecule has 0 radical (unpaired) electrons. The van der Waals surface area contributed by atoms with Crippen molar-refractivity contribution in [1.82, 2.24) is 9.80 Å². The van der Waals surface area contributed by atoms with Crippen LogP contribution >= 0.6 is 11.6 Å². The van der Waals surface area contributed by atoms with Crippen molar-refractivity contribution in [3.8, 4) is 0 Å². The van der Waals surface area contributed by atoms with Gasteiger partial charge in [-0.3, -0.25) is 9.69 Å². The Labute approximate surface area is 113 Å². The summed E-state index contributed by atoms with van der Waals surface area (Å²) in [5.74, 6) is 0.0295. The Morgan fingerprint density at radius 2 is 1.83 bits per heavy atom. The first kappa shape index (κ1) is 13.3. The predicted molar refractivity (Wildman–Crippen MR) is 74.0 cm³/mol. The maximum Gasteiger partial charge on any atom is 0.238 e. The highest BCUT2D eigenvalue weighted by atomic mass is 35.5. The largest absolute Gasteiger partial charge is 0.325 e. The van der Waals surface area contributed by atoms with E-state index < -0.39 is 0 Å². The summed E-state index contributed by atoms with van der Waals surface area (Å²) in [4.78, 5) is 16.3. The van der Waals surface area contributed by atoms with Gasteiger partial charge >= 0.3 is 0 Å². The van der Waals surface area contributed by atoms with Crippen LogP contribution in [-0.4, -0.2) is 55.5 Å². The third kappa shape index (κ3) is 3.98. The van der Waals surface area contributed by atoms with E-state index in [9.17, 15) is 4.79 Å². The number of nitrogens with one attached hydrogen (secondary N) is 1. The molecule has 0 atom stereocenters. The number of hydrogen-bond donors (Lipinski definition) is 1. The molecular weight excluding hydrogens is 250 g/mol. The van der Waals surface area contributed by atoms with Crippen molar-refractivity contribution in [3.05, 3.63) is 29.3 Å². The van der Waals surface area contributed by atoms with Crippen molar-refractivity contribution in [3.63, 3.8) is 0 Å². The van der Waals surface area contributed by atoms with Gasteiger partial charge in [-0.05, 0) is 31.3 Å². The molecular formula is C13H18ClN3O. The Morgan fingerprint density at radius 3 is 2.44 bits per heavy atom. The fraction of sp³-hybridized carbons (Fsp3) is 0.462. The molecule has 1 aromatic rings. The minimum Gasteiger partial charge on any atom is -0.325 e. The molecule has 1 amide bonds. The number of rotatable bonds is 3. The van der Waals surface area contributed by atoms with Crippen molar-refractivity contribution in [2.24, 2.45) is 0 Å². The quantitative estimate of drug-likeness (QED) is 0.902. The zero-order valence-corrected chi connectivity index (χ0v) is 11.3. The first-order valence-electron chi connectivity index (χ1n) is 6.10. The molecule has 0 spiro atoms. The van der Waals surface area contributed by atoms with Crippen LogP contribution in [0, 0.1) is 0 Å². The Balaban J connectivity index is 1.80. The van der Waals surface area contributed by atoms with E-state index >= 15 is 0 Å². The number of nitrogens with zero attached hydrogens (tertiary/aromatic N) is 2. The molecule has 1 aliphatic rings. The second-order valence-corrected chi connectivity index (χ2v) is 5.07. The van der Waals surface area contributed by atoms with Gasteiger partial charge in [-0.25, -0.2) is 0 Å². The van der Waals surface area contributed by atoms with Crippen LogP contribution in [0.5, 0.6) is 0 Å².